The maximum absolute atomic E-state index is 5.36. The van der Waals surface area contributed by atoms with Crippen LogP contribution in [0.5, 0.6) is 5.75 Å². The molecule has 2 aromatic heterocycles. The van der Waals surface area contributed by atoms with Gasteiger partial charge in [-0.15, -0.1) is 11.3 Å². The smallest absolute Gasteiger partial charge is 0.137 e. The summed E-state index contributed by atoms with van der Waals surface area (Å²) in [7, 11) is 0. The van der Waals surface area contributed by atoms with Crippen LogP contribution in [0.25, 0.3) is 10.6 Å². The number of rotatable bonds is 3. The molecule has 0 saturated carbocycles. The number of hydrogen-bond acceptors (Lipinski definition) is 2. The van der Waals surface area contributed by atoms with Crippen LogP contribution in [0.3, 0.4) is 0 Å². The Kier molecular flexibility index (Phi) is 2.36. The van der Waals surface area contributed by atoms with E-state index in [0.29, 0.717) is 6.61 Å². The van der Waals surface area contributed by atoms with Crippen molar-refractivity contribution in [3.05, 3.63) is 29.8 Å². The second-order valence-corrected chi connectivity index (χ2v) is 3.61. The van der Waals surface area contributed by atoms with Crippen LogP contribution in [-0.2, 0) is 0 Å². The summed E-state index contributed by atoms with van der Waals surface area (Å²) >= 11 is 1.72. The van der Waals surface area contributed by atoms with Crippen molar-refractivity contribution in [2.24, 2.45) is 0 Å². The molecule has 13 heavy (non-hydrogen) atoms. The fourth-order valence-electron chi connectivity index (χ4n) is 1.20. The third-order valence-corrected chi connectivity index (χ3v) is 2.66. The minimum atomic E-state index is 0.710. The van der Waals surface area contributed by atoms with Crippen LogP contribution in [0, 0.1) is 0 Å². The molecule has 2 rings (SSSR count). The van der Waals surface area contributed by atoms with Crippen LogP contribution in [0.1, 0.15) is 6.92 Å². The van der Waals surface area contributed by atoms with Crippen molar-refractivity contribution in [2.45, 2.75) is 6.92 Å². The molecule has 0 atom stereocenters. The molecule has 0 unspecified atom stereocenters. The SMILES string of the molecule is CCOc1c[nH]c(-c2cccs2)c1. The van der Waals surface area contributed by atoms with Crippen LogP contribution in [0.15, 0.2) is 29.8 Å². The molecular weight excluding hydrogens is 182 g/mol. The second-order valence-electron chi connectivity index (χ2n) is 2.66. The Bertz CT molecular complexity index is 364. The van der Waals surface area contributed by atoms with Gasteiger partial charge in [-0.2, -0.15) is 0 Å². The van der Waals surface area contributed by atoms with Crippen LogP contribution >= 0.6 is 11.3 Å². The van der Waals surface area contributed by atoms with Gasteiger partial charge in [0.2, 0.25) is 0 Å². The fourth-order valence-corrected chi connectivity index (χ4v) is 1.90. The molecule has 0 radical (unpaired) electrons. The summed E-state index contributed by atoms with van der Waals surface area (Å²) in [5.74, 6) is 0.908. The van der Waals surface area contributed by atoms with Gasteiger partial charge in [0.05, 0.1) is 17.2 Å². The highest BCUT2D eigenvalue weighted by Gasteiger charge is 2.02. The maximum Gasteiger partial charge on any atom is 0.137 e. The number of ether oxygens (including phenoxy) is 1. The van der Waals surface area contributed by atoms with E-state index in [4.69, 9.17) is 4.74 Å². The van der Waals surface area contributed by atoms with Gasteiger partial charge in [-0.05, 0) is 18.4 Å². The molecule has 0 aliphatic rings. The molecule has 0 bridgehead atoms. The first kappa shape index (κ1) is 8.38. The Morgan fingerprint density at radius 3 is 3.15 bits per heavy atom. The zero-order chi connectivity index (χ0) is 9.10. The predicted molar refractivity (Wildman–Crippen MR) is 55.3 cm³/mol. The van der Waals surface area contributed by atoms with Crippen molar-refractivity contribution < 1.29 is 4.74 Å². The molecule has 0 aliphatic carbocycles. The summed E-state index contributed by atoms with van der Waals surface area (Å²) in [6, 6.07) is 6.16. The molecular formula is C10H11NOS. The Hall–Kier alpha value is -1.22. The summed E-state index contributed by atoms with van der Waals surface area (Å²) in [4.78, 5) is 4.42. The molecule has 2 aromatic rings. The molecule has 0 aromatic carbocycles. The van der Waals surface area contributed by atoms with Crippen molar-refractivity contribution in [1.29, 1.82) is 0 Å². The highest BCUT2D eigenvalue weighted by Crippen LogP contribution is 2.26. The second kappa shape index (κ2) is 3.66. The van der Waals surface area contributed by atoms with Gasteiger partial charge in [-0.3, -0.25) is 0 Å². The Morgan fingerprint density at radius 2 is 2.46 bits per heavy atom. The summed E-state index contributed by atoms with van der Waals surface area (Å²) < 4.78 is 5.36. The first-order chi connectivity index (χ1) is 6.40. The van der Waals surface area contributed by atoms with E-state index in [0.717, 1.165) is 11.4 Å². The van der Waals surface area contributed by atoms with Gasteiger partial charge in [0.1, 0.15) is 5.75 Å². The molecule has 2 nitrogen and oxygen atoms in total. The van der Waals surface area contributed by atoms with E-state index in [2.05, 4.69) is 16.4 Å². The molecule has 0 fully saturated rings. The van der Waals surface area contributed by atoms with E-state index in [1.807, 2.05) is 25.3 Å². The first-order valence-electron chi connectivity index (χ1n) is 4.25. The molecule has 0 spiro atoms. The third-order valence-electron chi connectivity index (χ3n) is 1.75. The van der Waals surface area contributed by atoms with Crippen molar-refractivity contribution in [2.75, 3.05) is 6.61 Å². The Morgan fingerprint density at radius 1 is 1.54 bits per heavy atom. The van der Waals surface area contributed by atoms with Crippen LogP contribution in [-0.4, -0.2) is 11.6 Å². The number of thiophene rings is 1. The highest BCUT2D eigenvalue weighted by molar-refractivity contribution is 7.13. The van der Waals surface area contributed by atoms with Crippen molar-refractivity contribution in [3.8, 4) is 16.3 Å². The summed E-state index contributed by atoms with van der Waals surface area (Å²) in [6.07, 6.45) is 1.89. The summed E-state index contributed by atoms with van der Waals surface area (Å²) in [5, 5.41) is 2.07. The lowest BCUT2D eigenvalue weighted by Crippen LogP contribution is -1.87. The first-order valence-corrected chi connectivity index (χ1v) is 5.13. The quantitative estimate of drug-likeness (QED) is 0.795. The Labute approximate surface area is 81.2 Å². The van der Waals surface area contributed by atoms with Crippen molar-refractivity contribution in [3.63, 3.8) is 0 Å². The van der Waals surface area contributed by atoms with Gasteiger partial charge in [0.25, 0.3) is 0 Å². The third kappa shape index (κ3) is 1.75. The van der Waals surface area contributed by atoms with Crippen molar-refractivity contribution >= 4 is 11.3 Å². The van der Waals surface area contributed by atoms with Crippen LogP contribution in [0.2, 0.25) is 0 Å². The zero-order valence-corrected chi connectivity index (χ0v) is 8.23. The zero-order valence-electron chi connectivity index (χ0n) is 7.41. The normalized spacial score (nSPS) is 10.2. The maximum atomic E-state index is 5.36. The molecule has 0 saturated heterocycles. The molecule has 68 valence electrons. The standard InChI is InChI=1S/C10H11NOS/c1-2-12-8-6-9(11-7-8)10-4-3-5-13-10/h3-7,11H,2H2,1H3. The molecule has 1 N–H and O–H groups in total. The van der Waals surface area contributed by atoms with E-state index in [-0.39, 0.29) is 0 Å². The average Bonchev–Trinajstić information content (AvgIpc) is 2.70. The molecule has 0 amide bonds. The van der Waals surface area contributed by atoms with Gasteiger partial charge in [0, 0.05) is 12.3 Å². The van der Waals surface area contributed by atoms with Crippen LogP contribution < -0.4 is 4.74 Å². The molecule has 2 heterocycles. The monoisotopic (exact) mass is 193 g/mol. The summed E-state index contributed by atoms with van der Waals surface area (Å²) in [6.45, 7) is 2.69. The lowest BCUT2D eigenvalue weighted by Gasteiger charge is -1.95. The topological polar surface area (TPSA) is 25.0 Å². The minimum Gasteiger partial charge on any atom is -0.492 e. The van der Waals surface area contributed by atoms with Gasteiger partial charge in [-0.25, -0.2) is 0 Å². The van der Waals surface area contributed by atoms with E-state index >= 15 is 0 Å². The number of H-pyrrole nitrogens is 1. The van der Waals surface area contributed by atoms with Crippen LogP contribution in [0.4, 0.5) is 0 Å². The van der Waals surface area contributed by atoms with Gasteiger partial charge < -0.3 is 9.72 Å². The van der Waals surface area contributed by atoms with Gasteiger partial charge >= 0.3 is 0 Å². The minimum absolute atomic E-state index is 0.710. The highest BCUT2D eigenvalue weighted by atomic mass is 32.1. The largest absolute Gasteiger partial charge is 0.492 e. The number of hydrogen-bond donors (Lipinski definition) is 1. The number of aromatic amines is 1. The summed E-state index contributed by atoms with van der Waals surface area (Å²) in [5.41, 5.74) is 1.12. The fraction of sp³-hybridized carbons (Fsp3) is 0.200. The van der Waals surface area contributed by atoms with E-state index in [1.165, 1.54) is 4.88 Å². The molecule has 0 aliphatic heterocycles. The van der Waals surface area contributed by atoms with Gasteiger partial charge in [-0.1, -0.05) is 6.07 Å². The molecule has 3 heteroatoms. The van der Waals surface area contributed by atoms with Crippen molar-refractivity contribution in [1.82, 2.24) is 4.98 Å². The lowest BCUT2D eigenvalue weighted by molar-refractivity contribution is 0.341. The predicted octanol–water partition coefficient (Wildman–Crippen LogP) is 3.14. The lowest BCUT2D eigenvalue weighted by atomic mass is 10.3. The van der Waals surface area contributed by atoms with Gasteiger partial charge in [0.15, 0.2) is 0 Å². The van der Waals surface area contributed by atoms with E-state index in [9.17, 15) is 0 Å². The number of aromatic nitrogens is 1. The average molecular weight is 193 g/mol. The number of nitrogens with one attached hydrogen (secondary N) is 1. The van der Waals surface area contributed by atoms with E-state index in [1.54, 1.807) is 11.3 Å². The Balaban J connectivity index is 2.23. The van der Waals surface area contributed by atoms with E-state index < -0.39 is 0 Å².